The highest BCUT2D eigenvalue weighted by atomic mass is 32.2. The van der Waals surface area contributed by atoms with Gasteiger partial charge in [0.05, 0.1) is 6.04 Å². The van der Waals surface area contributed by atoms with Crippen LogP contribution in [0.1, 0.15) is 37.2 Å². The molecule has 1 aromatic heterocycles. The molecule has 0 spiro atoms. The molecule has 0 bridgehead atoms. The highest BCUT2D eigenvalue weighted by Crippen LogP contribution is 2.32. The van der Waals surface area contributed by atoms with Crippen LogP contribution < -0.4 is 5.32 Å². The minimum atomic E-state index is -0.0549. The van der Waals surface area contributed by atoms with Crippen molar-refractivity contribution in [2.75, 3.05) is 12.3 Å². The number of carbonyl (C=O) groups excluding carboxylic acids is 1. The van der Waals surface area contributed by atoms with E-state index in [1.165, 1.54) is 29.9 Å². The summed E-state index contributed by atoms with van der Waals surface area (Å²) >= 11 is 3.76. The zero-order valence-corrected chi connectivity index (χ0v) is 12.8. The predicted molar refractivity (Wildman–Crippen MR) is 81.5 cm³/mol. The molecule has 3 unspecified atom stereocenters. The molecule has 1 N–H and O–H groups in total. The lowest BCUT2D eigenvalue weighted by atomic mass is 10.1. The van der Waals surface area contributed by atoms with E-state index in [-0.39, 0.29) is 18.1 Å². The number of carbonyl (C=O) groups is 1. The Morgan fingerprint density at radius 2 is 2.37 bits per heavy atom. The van der Waals surface area contributed by atoms with E-state index in [9.17, 15) is 4.79 Å². The molecule has 1 aromatic rings. The van der Waals surface area contributed by atoms with Crippen molar-refractivity contribution in [2.24, 2.45) is 0 Å². The highest BCUT2D eigenvalue weighted by Gasteiger charge is 2.38. The molecule has 3 rings (SSSR count). The first-order valence-electron chi connectivity index (χ1n) is 6.97. The molecule has 3 atom stereocenters. The summed E-state index contributed by atoms with van der Waals surface area (Å²) in [7, 11) is 0. The molecule has 1 amide bonds. The summed E-state index contributed by atoms with van der Waals surface area (Å²) in [4.78, 5) is 15.6. The van der Waals surface area contributed by atoms with Crippen molar-refractivity contribution >= 4 is 29.0 Å². The topological polar surface area (TPSA) is 32.3 Å². The number of nitrogens with one attached hydrogen (secondary N) is 1. The normalized spacial score (nSPS) is 31.9. The van der Waals surface area contributed by atoms with Gasteiger partial charge in [-0.1, -0.05) is 12.5 Å². The van der Waals surface area contributed by atoms with E-state index in [0.717, 1.165) is 6.54 Å². The Bertz CT molecular complexity index is 429. The Morgan fingerprint density at radius 3 is 3.05 bits per heavy atom. The first kappa shape index (κ1) is 13.5. The van der Waals surface area contributed by atoms with E-state index in [1.807, 2.05) is 18.7 Å². The molecule has 2 aliphatic rings. The summed E-state index contributed by atoms with van der Waals surface area (Å²) in [6.45, 7) is 2.86. The van der Waals surface area contributed by atoms with Crippen molar-refractivity contribution in [1.29, 1.82) is 0 Å². The minimum Gasteiger partial charge on any atom is -0.320 e. The molecular formula is C14H20N2OS2. The van der Waals surface area contributed by atoms with Gasteiger partial charge in [0.2, 0.25) is 5.91 Å². The Kier molecular flexibility index (Phi) is 4.15. The number of hydrogen-bond donors (Lipinski definition) is 1. The number of amides is 1. The first-order chi connectivity index (χ1) is 9.25. The van der Waals surface area contributed by atoms with Gasteiger partial charge in [0.15, 0.2) is 0 Å². The molecule has 0 aromatic carbocycles. The third-order valence-electron chi connectivity index (χ3n) is 3.86. The van der Waals surface area contributed by atoms with Gasteiger partial charge < -0.3 is 4.90 Å². The molecule has 2 saturated heterocycles. The van der Waals surface area contributed by atoms with E-state index >= 15 is 0 Å². The average molecular weight is 296 g/mol. The second-order valence-corrected chi connectivity index (χ2v) is 7.67. The lowest BCUT2D eigenvalue weighted by Crippen LogP contribution is -2.36. The van der Waals surface area contributed by atoms with Crippen LogP contribution in [0.2, 0.25) is 0 Å². The number of rotatable bonds is 3. The summed E-state index contributed by atoms with van der Waals surface area (Å²) < 4.78 is 0. The summed E-state index contributed by atoms with van der Waals surface area (Å²) in [6.07, 6.45) is 3.98. The summed E-state index contributed by atoms with van der Waals surface area (Å²) in [6, 6.07) is 4.12. The monoisotopic (exact) mass is 296 g/mol. The molecule has 3 nitrogen and oxygen atoms in total. The molecule has 2 aliphatic heterocycles. The average Bonchev–Trinajstić information content (AvgIpc) is 3.04. The number of thioether (sulfide) groups is 1. The second-order valence-electron chi connectivity index (χ2n) is 5.29. The van der Waals surface area contributed by atoms with E-state index in [4.69, 9.17) is 0 Å². The van der Waals surface area contributed by atoms with Crippen LogP contribution in [-0.4, -0.2) is 34.4 Å². The van der Waals surface area contributed by atoms with Crippen LogP contribution in [0.25, 0.3) is 0 Å². The van der Waals surface area contributed by atoms with Crippen molar-refractivity contribution in [3.8, 4) is 0 Å². The lowest BCUT2D eigenvalue weighted by Gasteiger charge is -2.29. The molecule has 5 heteroatoms. The van der Waals surface area contributed by atoms with Crippen LogP contribution in [-0.2, 0) is 4.79 Å². The Balaban J connectivity index is 1.73. The molecule has 104 valence electrons. The van der Waals surface area contributed by atoms with Crippen LogP contribution in [0, 0.1) is 0 Å². The van der Waals surface area contributed by atoms with Crippen LogP contribution in [0.5, 0.6) is 0 Å². The molecule has 2 fully saturated rings. The quantitative estimate of drug-likeness (QED) is 0.931. The van der Waals surface area contributed by atoms with Gasteiger partial charge in [-0.2, -0.15) is 11.8 Å². The molecule has 0 aliphatic carbocycles. The maximum atomic E-state index is 12.3. The second kappa shape index (κ2) is 5.85. The fraction of sp³-hybridized carbons (Fsp3) is 0.643. The fourth-order valence-electron chi connectivity index (χ4n) is 2.82. The van der Waals surface area contributed by atoms with Gasteiger partial charge in [-0.15, -0.1) is 11.3 Å². The fourth-order valence-corrected chi connectivity index (χ4v) is 4.92. The Labute approximate surface area is 122 Å². The number of thiophene rings is 1. The zero-order chi connectivity index (χ0) is 13.2. The van der Waals surface area contributed by atoms with Crippen molar-refractivity contribution in [1.82, 2.24) is 10.2 Å². The van der Waals surface area contributed by atoms with Crippen molar-refractivity contribution in [3.05, 3.63) is 22.4 Å². The van der Waals surface area contributed by atoms with Gasteiger partial charge >= 0.3 is 0 Å². The van der Waals surface area contributed by atoms with Gasteiger partial charge in [0.1, 0.15) is 6.17 Å². The van der Waals surface area contributed by atoms with Crippen LogP contribution in [0.15, 0.2) is 17.5 Å². The summed E-state index contributed by atoms with van der Waals surface area (Å²) in [5.74, 6) is 1.50. The first-order valence-corrected chi connectivity index (χ1v) is 8.90. The Morgan fingerprint density at radius 1 is 1.47 bits per heavy atom. The van der Waals surface area contributed by atoms with Crippen molar-refractivity contribution < 1.29 is 4.79 Å². The van der Waals surface area contributed by atoms with Crippen LogP contribution in [0.4, 0.5) is 0 Å². The van der Waals surface area contributed by atoms with Crippen LogP contribution >= 0.6 is 23.1 Å². The Hall–Kier alpha value is -0.520. The maximum Gasteiger partial charge on any atom is 0.241 e. The highest BCUT2D eigenvalue weighted by molar-refractivity contribution is 7.99. The van der Waals surface area contributed by atoms with Gasteiger partial charge in [-0.3, -0.25) is 10.1 Å². The third kappa shape index (κ3) is 2.83. The zero-order valence-electron chi connectivity index (χ0n) is 11.2. The number of hydrogen-bond acceptors (Lipinski definition) is 4. The maximum absolute atomic E-state index is 12.3. The number of nitrogens with zero attached hydrogens (tertiary/aromatic N) is 1. The van der Waals surface area contributed by atoms with Gasteiger partial charge in [-0.05, 0) is 37.0 Å². The van der Waals surface area contributed by atoms with Gasteiger partial charge in [0, 0.05) is 16.7 Å². The molecule has 3 heterocycles. The van der Waals surface area contributed by atoms with Crippen molar-refractivity contribution in [2.45, 2.75) is 43.6 Å². The standard InChI is InChI=1S/C14H20N2OS2/c1-10-14(17)16(9-11-5-2-3-7-18-11)13(15-10)12-6-4-8-19-12/h4,6,8,10-11,13,15H,2-3,5,7,9H2,1H3. The lowest BCUT2D eigenvalue weighted by molar-refractivity contribution is -0.129. The largest absolute Gasteiger partial charge is 0.320 e. The van der Waals surface area contributed by atoms with E-state index in [0.29, 0.717) is 5.25 Å². The van der Waals surface area contributed by atoms with Gasteiger partial charge in [-0.25, -0.2) is 0 Å². The molecular weight excluding hydrogens is 276 g/mol. The smallest absolute Gasteiger partial charge is 0.241 e. The minimum absolute atomic E-state index is 0.0549. The SMILES string of the molecule is CC1NC(c2cccs2)N(CC2CCCCS2)C1=O. The third-order valence-corrected chi connectivity index (χ3v) is 6.17. The molecule has 0 saturated carbocycles. The van der Waals surface area contributed by atoms with E-state index in [1.54, 1.807) is 11.3 Å². The van der Waals surface area contributed by atoms with Gasteiger partial charge in [0.25, 0.3) is 0 Å². The predicted octanol–water partition coefficient (Wildman–Crippen LogP) is 2.85. The molecule has 0 radical (unpaired) electrons. The van der Waals surface area contributed by atoms with Crippen molar-refractivity contribution in [3.63, 3.8) is 0 Å². The van der Waals surface area contributed by atoms with Crippen LogP contribution in [0.3, 0.4) is 0 Å². The summed E-state index contributed by atoms with van der Waals surface area (Å²) in [5, 5.41) is 6.12. The van der Waals surface area contributed by atoms with E-state index in [2.05, 4.69) is 27.7 Å². The summed E-state index contributed by atoms with van der Waals surface area (Å²) in [5.41, 5.74) is 0. The van der Waals surface area contributed by atoms with E-state index < -0.39 is 0 Å². The molecule has 19 heavy (non-hydrogen) atoms.